The number of carboxylic acids is 1. The largest absolute Gasteiger partial charge is 0.478 e. The Hall–Kier alpha value is -2.69. The van der Waals surface area contributed by atoms with Crippen molar-refractivity contribution in [3.63, 3.8) is 0 Å². The molecule has 5 heteroatoms. The molecule has 20 heavy (non-hydrogen) atoms. The van der Waals surface area contributed by atoms with Crippen LogP contribution in [0.15, 0.2) is 42.6 Å². The van der Waals surface area contributed by atoms with Crippen LogP contribution in [0.3, 0.4) is 0 Å². The van der Waals surface area contributed by atoms with Gasteiger partial charge in [-0.15, -0.1) is 0 Å². The molecule has 0 radical (unpaired) electrons. The number of fused-ring (bicyclic) bond motifs is 1. The number of hydrogen-bond acceptors (Lipinski definition) is 3. The van der Waals surface area contributed by atoms with E-state index in [9.17, 15) is 4.79 Å². The van der Waals surface area contributed by atoms with E-state index < -0.39 is 5.97 Å². The van der Waals surface area contributed by atoms with E-state index in [1.54, 1.807) is 12.3 Å². The van der Waals surface area contributed by atoms with Gasteiger partial charge < -0.3 is 5.11 Å². The first kappa shape index (κ1) is 12.3. The standard InChI is InChI=1S/C15H13N3O2/c1-10-5-2-3-6-11(10)9-13-16-14-12(15(19)20)7-4-8-18(14)17-13/h2-8H,9H2,1H3,(H,19,20). The van der Waals surface area contributed by atoms with Gasteiger partial charge in [0.25, 0.3) is 0 Å². The van der Waals surface area contributed by atoms with Gasteiger partial charge in [-0.25, -0.2) is 14.3 Å². The number of carboxylic acid groups (broad SMARTS) is 1. The Balaban J connectivity index is 2.04. The number of aromatic carboxylic acids is 1. The van der Waals surface area contributed by atoms with Gasteiger partial charge in [0.15, 0.2) is 11.5 Å². The highest BCUT2D eigenvalue weighted by molar-refractivity contribution is 5.94. The Kier molecular flexibility index (Phi) is 2.95. The molecule has 0 fully saturated rings. The lowest BCUT2D eigenvalue weighted by Crippen LogP contribution is -2.00. The van der Waals surface area contributed by atoms with Crippen LogP contribution in [-0.2, 0) is 6.42 Å². The summed E-state index contributed by atoms with van der Waals surface area (Å²) in [6.07, 6.45) is 2.30. The van der Waals surface area contributed by atoms with Gasteiger partial charge >= 0.3 is 5.97 Å². The van der Waals surface area contributed by atoms with E-state index >= 15 is 0 Å². The predicted octanol–water partition coefficient (Wildman–Crippen LogP) is 2.33. The van der Waals surface area contributed by atoms with Crippen molar-refractivity contribution in [1.82, 2.24) is 14.6 Å². The van der Waals surface area contributed by atoms with Gasteiger partial charge in [0, 0.05) is 12.6 Å². The average Bonchev–Trinajstić information content (AvgIpc) is 2.83. The number of carbonyl (C=O) groups is 1. The highest BCUT2D eigenvalue weighted by Crippen LogP contribution is 2.14. The van der Waals surface area contributed by atoms with Crippen molar-refractivity contribution < 1.29 is 9.90 Å². The fraction of sp³-hybridized carbons (Fsp3) is 0.133. The summed E-state index contributed by atoms with van der Waals surface area (Å²) in [5, 5.41) is 13.5. The third-order valence-electron chi connectivity index (χ3n) is 3.25. The van der Waals surface area contributed by atoms with E-state index in [0.29, 0.717) is 17.9 Å². The molecule has 100 valence electrons. The molecule has 2 aromatic heterocycles. The zero-order chi connectivity index (χ0) is 14.1. The normalized spacial score (nSPS) is 10.8. The van der Waals surface area contributed by atoms with Gasteiger partial charge in [0.1, 0.15) is 5.56 Å². The van der Waals surface area contributed by atoms with E-state index in [1.807, 2.05) is 31.2 Å². The second-order valence-corrected chi connectivity index (χ2v) is 4.63. The molecule has 1 aromatic carbocycles. The second kappa shape index (κ2) is 4.77. The van der Waals surface area contributed by atoms with E-state index in [4.69, 9.17) is 5.11 Å². The molecule has 0 atom stereocenters. The summed E-state index contributed by atoms with van der Waals surface area (Å²) in [7, 11) is 0. The van der Waals surface area contributed by atoms with Crippen LogP contribution in [0.4, 0.5) is 0 Å². The van der Waals surface area contributed by atoms with Gasteiger partial charge in [-0.3, -0.25) is 0 Å². The fourth-order valence-corrected chi connectivity index (χ4v) is 2.17. The Morgan fingerprint density at radius 3 is 2.80 bits per heavy atom. The topological polar surface area (TPSA) is 67.5 Å². The third-order valence-corrected chi connectivity index (χ3v) is 3.25. The smallest absolute Gasteiger partial charge is 0.339 e. The van der Waals surface area contributed by atoms with Crippen molar-refractivity contribution in [3.8, 4) is 0 Å². The van der Waals surface area contributed by atoms with Crippen LogP contribution in [0.25, 0.3) is 5.65 Å². The molecule has 0 aliphatic carbocycles. The van der Waals surface area contributed by atoms with Crippen molar-refractivity contribution in [2.75, 3.05) is 0 Å². The molecule has 0 saturated carbocycles. The van der Waals surface area contributed by atoms with Crippen molar-refractivity contribution >= 4 is 11.6 Å². The van der Waals surface area contributed by atoms with Gasteiger partial charge in [-0.2, -0.15) is 5.10 Å². The minimum absolute atomic E-state index is 0.163. The summed E-state index contributed by atoms with van der Waals surface area (Å²) < 4.78 is 1.51. The second-order valence-electron chi connectivity index (χ2n) is 4.63. The predicted molar refractivity (Wildman–Crippen MR) is 73.9 cm³/mol. The quantitative estimate of drug-likeness (QED) is 0.790. The molecular formula is C15H13N3O2. The maximum Gasteiger partial charge on any atom is 0.339 e. The Bertz CT molecular complexity index is 793. The molecule has 0 amide bonds. The average molecular weight is 267 g/mol. The monoisotopic (exact) mass is 267 g/mol. The number of aromatic nitrogens is 3. The third kappa shape index (κ3) is 2.14. The van der Waals surface area contributed by atoms with Crippen LogP contribution in [-0.4, -0.2) is 25.7 Å². The number of rotatable bonds is 3. The SMILES string of the molecule is Cc1ccccc1Cc1nc2c(C(=O)O)cccn2n1. The zero-order valence-electron chi connectivity index (χ0n) is 10.9. The molecule has 1 N–H and O–H groups in total. The van der Waals surface area contributed by atoms with Crippen LogP contribution in [0.5, 0.6) is 0 Å². The summed E-state index contributed by atoms with van der Waals surface area (Å²) in [5.41, 5.74) is 2.85. The molecule has 0 saturated heterocycles. The van der Waals surface area contributed by atoms with E-state index in [1.165, 1.54) is 16.1 Å². The summed E-state index contributed by atoms with van der Waals surface area (Å²) in [4.78, 5) is 15.5. The molecule has 0 spiro atoms. The van der Waals surface area contributed by atoms with E-state index in [-0.39, 0.29) is 5.56 Å². The van der Waals surface area contributed by atoms with Crippen LogP contribution in [0, 0.1) is 6.92 Å². The van der Waals surface area contributed by atoms with Crippen LogP contribution >= 0.6 is 0 Å². The number of aryl methyl sites for hydroxylation is 1. The molecule has 0 bridgehead atoms. The van der Waals surface area contributed by atoms with Gasteiger partial charge in [0.2, 0.25) is 0 Å². The molecule has 0 unspecified atom stereocenters. The first-order valence-corrected chi connectivity index (χ1v) is 6.27. The number of hydrogen-bond donors (Lipinski definition) is 1. The zero-order valence-corrected chi connectivity index (χ0v) is 10.9. The first-order valence-electron chi connectivity index (χ1n) is 6.27. The number of benzene rings is 1. The minimum Gasteiger partial charge on any atom is -0.478 e. The van der Waals surface area contributed by atoms with Crippen molar-refractivity contribution in [2.45, 2.75) is 13.3 Å². The maximum absolute atomic E-state index is 11.2. The van der Waals surface area contributed by atoms with Gasteiger partial charge in [0.05, 0.1) is 0 Å². The highest BCUT2D eigenvalue weighted by atomic mass is 16.4. The van der Waals surface area contributed by atoms with E-state index in [0.717, 1.165) is 5.56 Å². The first-order chi connectivity index (χ1) is 9.65. The summed E-state index contributed by atoms with van der Waals surface area (Å²) in [5.74, 6) is -0.376. The van der Waals surface area contributed by atoms with Crippen LogP contribution < -0.4 is 0 Å². The van der Waals surface area contributed by atoms with Crippen molar-refractivity contribution in [3.05, 3.63) is 65.1 Å². The minimum atomic E-state index is -0.995. The fourth-order valence-electron chi connectivity index (χ4n) is 2.17. The van der Waals surface area contributed by atoms with Crippen molar-refractivity contribution in [1.29, 1.82) is 0 Å². The van der Waals surface area contributed by atoms with E-state index in [2.05, 4.69) is 10.1 Å². The lowest BCUT2D eigenvalue weighted by molar-refractivity contribution is 0.0698. The highest BCUT2D eigenvalue weighted by Gasteiger charge is 2.13. The molecular weight excluding hydrogens is 254 g/mol. The molecule has 0 aliphatic rings. The van der Waals surface area contributed by atoms with Crippen LogP contribution in [0.1, 0.15) is 27.3 Å². The summed E-state index contributed by atoms with van der Waals surface area (Å²) in [6, 6.07) is 11.2. The van der Waals surface area contributed by atoms with Crippen LogP contribution in [0.2, 0.25) is 0 Å². The van der Waals surface area contributed by atoms with Gasteiger partial charge in [-0.05, 0) is 30.2 Å². The summed E-state index contributed by atoms with van der Waals surface area (Å²) in [6.45, 7) is 2.04. The maximum atomic E-state index is 11.2. The number of nitrogens with zero attached hydrogens (tertiary/aromatic N) is 3. The molecule has 5 nitrogen and oxygen atoms in total. The Morgan fingerprint density at radius 1 is 1.25 bits per heavy atom. The lowest BCUT2D eigenvalue weighted by atomic mass is 10.1. The van der Waals surface area contributed by atoms with Crippen molar-refractivity contribution in [2.24, 2.45) is 0 Å². The summed E-state index contributed by atoms with van der Waals surface area (Å²) >= 11 is 0. The van der Waals surface area contributed by atoms with Gasteiger partial charge in [-0.1, -0.05) is 24.3 Å². The molecule has 0 aliphatic heterocycles. The number of pyridine rings is 1. The molecule has 3 rings (SSSR count). The lowest BCUT2D eigenvalue weighted by Gasteiger charge is -2.01. The Morgan fingerprint density at radius 2 is 2.05 bits per heavy atom. The molecule has 3 aromatic rings. The molecule has 2 heterocycles. The Labute approximate surface area is 115 Å².